The molecule has 142 heavy (non-hydrogen) atoms. The maximum absolute atomic E-state index is 14.3. The van der Waals surface area contributed by atoms with E-state index in [1.165, 1.54) is 74.5 Å². The molecule has 0 N–H and O–H groups in total. The van der Waals surface area contributed by atoms with Crippen LogP contribution in [0.25, 0.3) is 44.5 Å². The highest BCUT2D eigenvalue weighted by Gasteiger charge is 2.42. The average Bonchev–Trinajstić information content (AvgIpc) is 1.56. The van der Waals surface area contributed by atoms with Gasteiger partial charge in [-0.3, -0.25) is 51.8 Å². The highest BCUT2D eigenvalue weighted by Crippen LogP contribution is 2.49. The van der Waals surface area contributed by atoms with E-state index in [9.17, 15) is 33.2 Å². The predicted octanol–water partition coefficient (Wildman–Crippen LogP) is 15.4. The molecule has 0 spiro atoms. The number of carbonyl (C=O) groups excluding carboxylic acids is 4. The number of rotatable bonds is 14. The molecule has 12 aromatic rings. The molecule has 0 saturated carbocycles. The zero-order valence-corrected chi connectivity index (χ0v) is 82.8. The minimum atomic E-state index is -2.64. The number of aromatic nitrogens is 16. The summed E-state index contributed by atoms with van der Waals surface area (Å²) >= 11 is 0. The van der Waals surface area contributed by atoms with Crippen molar-refractivity contribution in [1.29, 1.82) is 5.26 Å². The van der Waals surface area contributed by atoms with E-state index in [-0.39, 0.29) is 47.5 Å². The van der Waals surface area contributed by atoms with Crippen LogP contribution in [0.3, 0.4) is 0 Å². The van der Waals surface area contributed by atoms with Crippen LogP contribution in [0.4, 0.5) is 59.6 Å². The van der Waals surface area contributed by atoms with Crippen molar-refractivity contribution in [1.82, 2.24) is 97.8 Å². The van der Waals surface area contributed by atoms with Crippen molar-refractivity contribution < 1.29 is 51.6 Å². The first kappa shape index (κ1) is 94.8. The van der Waals surface area contributed by atoms with Gasteiger partial charge in [-0.1, -0.05) is 25.5 Å². The third kappa shape index (κ3) is 18.7. The van der Waals surface area contributed by atoms with Crippen molar-refractivity contribution in [2.24, 2.45) is 34.1 Å². The van der Waals surface area contributed by atoms with Gasteiger partial charge in [0.2, 0.25) is 17.7 Å². The van der Waals surface area contributed by atoms with Crippen LogP contribution in [0, 0.1) is 17.2 Å². The number of nitriles is 1. The maximum Gasteiger partial charge on any atom is 0.409 e. The lowest BCUT2D eigenvalue weighted by molar-refractivity contribution is -0.130. The van der Waals surface area contributed by atoms with Crippen molar-refractivity contribution in [3.05, 3.63) is 189 Å². The van der Waals surface area contributed by atoms with Gasteiger partial charge >= 0.3 is 6.09 Å². The van der Waals surface area contributed by atoms with Crippen molar-refractivity contribution in [2.45, 2.75) is 200 Å². The molecule has 34 nitrogen and oxygen atoms in total. The van der Waals surface area contributed by atoms with Crippen molar-refractivity contribution in [3.63, 3.8) is 0 Å². The molecule has 12 aliphatic heterocycles. The van der Waals surface area contributed by atoms with Crippen LogP contribution < -0.4 is 19.6 Å². The normalized spacial score (nSPS) is 19.8. The smallest absolute Gasteiger partial charge is 0.409 e. The van der Waals surface area contributed by atoms with Gasteiger partial charge in [0.1, 0.15) is 0 Å². The number of methoxy groups -OCH3 is 1. The molecule has 0 aliphatic carbocycles. The first-order valence-corrected chi connectivity index (χ1v) is 50.7. The number of halogens is 2. The van der Waals surface area contributed by atoms with Crippen molar-refractivity contribution in [3.8, 4) is 50.6 Å². The first-order valence-electron chi connectivity index (χ1n) is 50.7. The standard InChI is InChI=1S/C27H31N7O2.C27H34N6O2.C26H30F2N6O3.C26H32N6O2/c1-18(35)32-9-5-25-24(17-32)27(30-34(25)22-6-10-36-11-7-22)33-8-3-4-19-12-23(20(14-28)13-26(19)33)21-15-29-31(2)16-21;1-4-19-11-21-12-20(22-13-28-30(3)15-22)5-6-25(21)32(14-19)27-24-16-31(18(2)34)9-7-26(24)33(29-27)23-8-10-35-17-23;1-31-13-17(12-29-31)19-10-16-4-3-7-33(23(16)11-20(19)24(27)28)25-21-14-32(26(35)36-2)8-5-22(21)34(30-25)18-6-9-37-15-18;1-18(33)30-11-8-25-23(16-30)26(28-32(25)22-9-12-34-17-22)31-10-4-3-5-20-13-19(6-7-24(20)31)21-14-27-29(2)15-21/h12-13,15-16,22H,3-11,17H2,1-2H3;5-6,12-13,15,19,23H,4,7-11,14,16-17H2,1-3H3;10-13,18,24H,3-9,14-15H2,1-2H3;6-7,13-15,22H,3-5,8-12,16-17H2,1-2H3/t;19-,23-;18-;22-/m.000/s1. The van der Waals surface area contributed by atoms with E-state index in [0.29, 0.717) is 94.2 Å². The molecule has 0 unspecified atom stereocenters. The largest absolute Gasteiger partial charge is 0.453 e. The molecule has 4 atom stereocenters. The second-order valence-corrected chi connectivity index (χ2v) is 39.9. The molecule has 12 aliphatic rings. The zero-order valence-electron chi connectivity index (χ0n) is 82.8. The van der Waals surface area contributed by atoms with E-state index in [4.69, 9.17) is 44.1 Å². The second kappa shape index (κ2) is 40.6. The van der Waals surface area contributed by atoms with Crippen LogP contribution in [0.15, 0.2) is 110 Å². The number of hydrogen-bond acceptors (Lipinski definition) is 22. The number of fused-ring (bicyclic) bond motifs is 8. The Kier molecular flexibility index (Phi) is 27.1. The first-order chi connectivity index (χ1) is 69.1. The van der Waals surface area contributed by atoms with Gasteiger partial charge in [-0.2, -0.15) is 46.1 Å². The van der Waals surface area contributed by atoms with Gasteiger partial charge in [-0.25, -0.2) is 13.6 Å². The van der Waals surface area contributed by atoms with Crippen molar-refractivity contribution in [2.75, 3.05) is 132 Å². The van der Waals surface area contributed by atoms with Gasteiger partial charge in [0.15, 0.2) is 23.3 Å². The second-order valence-electron chi connectivity index (χ2n) is 39.9. The van der Waals surface area contributed by atoms with E-state index in [1.807, 2.05) is 82.1 Å². The molecule has 4 fully saturated rings. The summed E-state index contributed by atoms with van der Waals surface area (Å²) in [6.45, 7) is 21.4. The fraction of sp³-hybridized carbons (Fsp3) is 0.500. The van der Waals surface area contributed by atoms with Crippen LogP contribution in [0.5, 0.6) is 0 Å². The number of anilines is 8. The number of amides is 4. The third-order valence-corrected chi connectivity index (χ3v) is 30.9. The van der Waals surface area contributed by atoms with Crippen LogP contribution in [0.1, 0.15) is 201 Å². The van der Waals surface area contributed by atoms with Crippen LogP contribution >= 0.6 is 0 Å². The lowest BCUT2D eigenvalue weighted by Gasteiger charge is -2.36. The van der Waals surface area contributed by atoms with Crippen LogP contribution in [0.2, 0.25) is 0 Å². The molecular weight excluding hydrogens is 1810 g/mol. The summed E-state index contributed by atoms with van der Waals surface area (Å²) in [6, 6.07) is 24.6. The number of hydrogen-bond donors (Lipinski definition) is 0. The highest BCUT2D eigenvalue weighted by molar-refractivity contribution is 5.83. The Bertz CT molecular complexity index is 6760. The van der Waals surface area contributed by atoms with Gasteiger partial charge in [0.25, 0.3) is 6.43 Å². The fourth-order valence-electron chi connectivity index (χ4n) is 23.3. The van der Waals surface area contributed by atoms with Gasteiger partial charge in [0.05, 0.1) is 114 Å². The average molecular weight is 1930 g/mol. The molecule has 24 rings (SSSR count). The number of nitrogens with zero attached hydrogens (tertiary/aromatic N) is 25. The van der Waals surface area contributed by atoms with Gasteiger partial charge < -0.3 is 62.9 Å². The molecule has 20 heterocycles. The Morgan fingerprint density at radius 1 is 0.423 bits per heavy atom. The van der Waals surface area contributed by atoms with Gasteiger partial charge in [-0.15, -0.1) is 0 Å². The fourth-order valence-corrected chi connectivity index (χ4v) is 23.3. The number of aryl methyl sites for hydroxylation is 7. The Balaban J connectivity index is 0.000000112. The number of ether oxygens (including phenoxy) is 5. The van der Waals surface area contributed by atoms with Crippen LogP contribution in [-0.2, 0) is 144 Å². The summed E-state index contributed by atoms with van der Waals surface area (Å²) in [4.78, 5) is 65.9. The summed E-state index contributed by atoms with van der Waals surface area (Å²) < 4.78 is 72.2. The Morgan fingerprint density at radius 3 is 1.23 bits per heavy atom. The monoisotopic (exact) mass is 1930 g/mol. The summed E-state index contributed by atoms with van der Waals surface area (Å²) in [5.74, 6) is 4.60. The molecular formula is C106H127F2N25O9. The van der Waals surface area contributed by atoms with Gasteiger partial charge in [0, 0.05) is 286 Å². The molecule has 36 heteroatoms. The lowest BCUT2D eigenvalue weighted by atomic mass is 9.88. The summed E-state index contributed by atoms with van der Waals surface area (Å²) in [7, 11) is 8.95. The maximum atomic E-state index is 14.3. The summed E-state index contributed by atoms with van der Waals surface area (Å²) in [5, 5.41) is 48.0. The Morgan fingerprint density at radius 2 is 0.803 bits per heavy atom. The van der Waals surface area contributed by atoms with E-state index in [2.05, 4.69) is 127 Å². The summed E-state index contributed by atoms with van der Waals surface area (Å²) in [6.07, 6.45) is 29.1. The summed E-state index contributed by atoms with van der Waals surface area (Å²) in [5.41, 5.74) is 26.9. The van der Waals surface area contributed by atoms with E-state index in [0.717, 1.165) is 261 Å². The Hall–Kier alpha value is -13.4. The third-order valence-electron chi connectivity index (χ3n) is 30.9. The Labute approximate surface area is 825 Å². The predicted molar refractivity (Wildman–Crippen MR) is 532 cm³/mol. The molecule has 4 aromatic carbocycles. The number of carbonyl (C=O) groups is 4. The topological polar surface area (TPSA) is 307 Å². The minimum absolute atomic E-state index is 0.0210. The molecule has 4 amide bonds. The molecule has 4 saturated heterocycles. The number of alkyl halides is 2. The lowest BCUT2D eigenvalue weighted by Crippen LogP contribution is -2.37. The number of benzene rings is 4. The van der Waals surface area contributed by atoms with E-state index in [1.54, 1.807) is 60.5 Å². The van der Waals surface area contributed by atoms with Crippen LogP contribution in [-0.4, -0.2) is 234 Å². The highest BCUT2D eigenvalue weighted by atomic mass is 19.3. The van der Waals surface area contributed by atoms with E-state index < -0.39 is 6.43 Å². The minimum Gasteiger partial charge on any atom is -0.453 e. The molecule has 0 bridgehead atoms. The van der Waals surface area contributed by atoms with E-state index >= 15 is 0 Å². The zero-order chi connectivity index (χ0) is 97.8. The SMILES string of the molecule is CC(=O)N1CCc2c(c(N3CCCCc4cc(-c5cnn(C)c5)ccc43)nn2[C@H]2CCOC2)C1.CC(=O)N1CCc2c(c(N3CCCc4cc(-c5cnn(C)c5)c(C#N)cc43)nn2C2CCOCC2)C1.CC[C@H]1Cc2cc(-c3cnn(C)c3)ccc2N(c2nn([C@H]3CCOC3)c3c2CN(C(C)=O)CC3)C1.COC(=O)N1CCc2c(c(N3CCCc4cc(-c5cnn(C)c5)c(C(F)F)cc43)nn2[C@H]2CCOC2)C1. The molecule has 744 valence electrons. The molecule has 8 aromatic heterocycles. The molecule has 0 radical (unpaired) electrons. The van der Waals surface area contributed by atoms with Gasteiger partial charge in [-0.05, 0) is 177 Å². The quantitative estimate of drug-likeness (QED) is 0.0976. The van der Waals surface area contributed by atoms with Crippen molar-refractivity contribution >= 4 is 69.8 Å².